The number of aliphatic hydroxyl groups excluding tert-OH is 4. The Morgan fingerprint density at radius 3 is 2.26 bits per heavy atom. The lowest BCUT2D eigenvalue weighted by molar-refractivity contribution is -0.236. The van der Waals surface area contributed by atoms with Crippen molar-refractivity contribution in [1.29, 1.82) is 0 Å². The van der Waals surface area contributed by atoms with E-state index in [0.29, 0.717) is 0 Å². The van der Waals surface area contributed by atoms with Crippen molar-refractivity contribution in [2.45, 2.75) is 43.5 Å². The molecule has 1 rings (SSSR count). The summed E-state index contributed by atoms with van der Waals surface area (Å²) in [6, 6.07) is 0. The molecule has 7 N–H and O–H groups in total. The van der Waals surface area contributed by atoms with Gasteiger partial charge in [0.2, 0.25) is 11.8 Å². The Balaban J connectivity index is 2.56. The maximum absolute atomic E-state index is 11.4. The molecule has 110 valence electrons. The number of nitrogens with one attached hydrogen (secondary N) is 1. The highest BCUT2D eigenvalue weighted by Crippen LogP contribution is 2.19. The van der Waals surface area contributed by atoms with Crippen LogP contribution in [0.5, 0.6) is 0 Å². The maximum Gasteiger partial charge on any atom is 0.222 e. The number of primary amides is 1. The topological polar surface area (TPSA) is 162 Å². The normalized spacial score (nSPS) is 34.8. The molecule has 5 atom stereocenters. The third-order valence-electron chi connectivity index (χ3n) is 2.79. The Bertz CT molecular complexity index is 336. The maximum atomic E-state index is 11.4. The van der Waals surface area contributed by atoms with Crippen molar-refractivity contribution in [3.05, 3.63) is 0 Å². The van der Waals surface area contributed by atoms with Crippen LogP contribution < -0.4 is 11.1 Å². The fourth-order valence-electron chi connectivity index (χ4n) is 1.69. The third kappa shape index (κ3) is 4.11. The van der Waals surface area contributed by atoms with Gasteiger partial charge >= 0.3 is 0 Å². The van der Waals surface area contributed by atoms with Crippen LogP contribution in [0.15, 0.2) is 0 Å². The molecule has 0 bridgehead atoms. The minimum atomic E-state index is -1.56. The van der Waals surface area contributed by atoms with E-state index >= 15 is 0 Å². The van der Waals surface area contributed by atoms with E-state index in [9.17, 15) is 24.9 Å². The molecule has 1 fully saturated rings. The van der Waals surface area contributed by atoms with Gasteiger partial charge in [0.15, 0.2) is 6.23 Å². The Hall–Kier alpha value is -1.26. The SMILES string of the molecule is NC(=O)CCC(=O)NC1O[C@H](CO)[C@H](O)[C@H](O)[C@H]1O. The standard InChI is InChI=1S/C10H18N2O7/c11-5(14)1-2-6(15)12-10-9(18)8(17)7(16)4(3-13)19-10/h4,7-10,13,16-18H,1-3H2,(H2,11,14)(H,12,15)/t4-,7+,8+,9-,10?/m1/s1. The average Bonchev–Trinajstić information content (AvgIpc) is 2.37. The monoisotopic (exact) mass is 278 g/mol. The van der Waals surface area contributed by atoms with E-state index in [4.69, 9.17) is 15.6 Å². The quantitative estimate of drug-likeness (QED) is 0.300. The molecule has 0 aromatic rings. The number of nitrogens with two attached hydrogens (primary N) is 1. The molecular formula is C10H18N2O7. The lowest BCUT2D eigenvalue weighted by atomic mass is 9.98. The molecule has 1 unspecified atom stereocenters. The van der Waals surface area contributed by atoms with Crippen LogP contribution in [0.3, 0.4) is 0 Å². The Morgan fingerprint density at radius 1 is 1.11 bits per heavy atom. The van der Waals surface area contributed by atoms with Crippen LogP contribution in [0.25, 0.3) is 0 Å². The minimum absolute atomic E-state index is 0.163. The van der Waals surface area contributed by atoms with E-state index in [1.165, 1.54) is 0 Å². The number of amides is 2. The average molecular weight is 278 g/mol. The van der Waals surface area contributed by atoms with Crippen molar-refractivity contribution in [2.24, 2.45) is 5.73 Å². The van der Waals surface area contributed by atoms with Crippen LogP contribution in [0, 0.1) is 0 Å². The van der Waals surface area contributed by atoms with Gasteiger partial charge in [0.05, 0.1) is 6.61 Å². The Morgan fingerprint density at radius 2 is 1.74 bits per heavy atom. The summed E-state index contributed by atoms with van der Waals surface area (Å²) < 4.78 is 5.05. The van der Waals surface area contributed by atoms with Gasteiger partial charge < -0.3 is 36.2 Å². The van der Waals surface area contributed by atoms with E-state index in [-0.39, 0.29) is 12.8 Å². The molecule has 0 aromatic carbocycles. The van der Waals surface area contributed by atoms with Crippen molar-refractivity contribution >= 4 is 11.8 Å². The molecule has 1 saturated heterocycles. The molecule has 1 aliphatic rings. The van der Waals surface area contributed by atoms with Crippen LogP contribution in [0.1, 0.15) is 12.8 Å². The summed E-state index contributed by atoms with van der Waals surface area (Å²) in [6.07, 6.45) is -7.33. The van der Waals surface area contributed by atoms with Gasteiger partial charge in [-0.1, -0.05) is 0 Å². The van der Waals surface area contributed by atoms with Crippen molar-refractivity contribution in [3.63, 3.8) is 0 Å². The smallest absolute Gasteiger partial charge is 0.222 e. The van der Waals surface area contributed by atoms with E-state index in [0.717, 1.165) is 0 Å². The van der Waals surface area contributed by atoms with Gasteiger partial charge in [0.1, 0.15) is 24.4 Å². The first-order valence-corrected chi connectivity index (χ1v) is 5.75. The summed E-state index contributed by atoms with van der Waals surface area (Å²) >= 11 is 0. The van der Waals surface area contributed by atoms with Crippen LogP contribution in [-0.2, 0) is 14.3 Å². The van der Waals surface area contributed by atoms with Crippen LogP contribution >= 0.6 is 0 Å². The number of rotatable bonds is 5. The van der Waals surface area contributed by atoms with E-state index < -0.39 is 49.1 Å². The van der Waals surface area contributed by atoms with Gasteiger partial charge in [-0.2, -0.15) is 0 Å². The molecule has 2 amide bonds. The number of hydrogen-bond acceptors (Lipinski definition) is 7. The molecular weight excluding hydrogens is 260 g/mol. The largest absolute Gasteiger partial charge is 0.394 e. The number of aliphatic hydroxyl groups is 4. The molecule has 0 aliphatic carbocycles. The summed E-state index contributed by atoms with van der Waals surface area (Å²) in [5, 5.41) is 39.8. The van der Waals surface area contributed by atoms with Crippen molar-refractivity contribution in [3.8, 4) is 0 Å². The zero-order valence-electron chi connectivity index (χ0n) is 10.1. The predicted octanol–water partition coefficient (Wildman–Crippen LogP) is -3.83. The van der Waals surface area contributed by atoms with Crippen LogP contribution in [-0.4, -0.2) is 69.5 Å². The highest BCUT2D eigenvalue weighted by atomic mass is 16.6. The molecule has 1 aliphatic heterocycles. The van der Waals surface area contributed by atoms with E-state index in [1.807, 2.05) is 0 Å². The van der Waals surface area contributed by atoms with Gasteiger partial charge in [0, 0.05) is 12.8 Å². The lowest BCUT2D eigenvalue weighted by Crippen LogP contribution is -2.63. The van der Waals surface area contributed by atoms with Crippen LogP contribution in [0.2, 0.25) is 0 Å². The molecule has 19 heavy (non-hydrogen) atoms. The van der Waals surface area contributed by atoms with E-state index in [2.05, 4.69) is 5.32 Å². The van der Waals surface area contributed by atoms with Crippen molar-refractivity contribution < 1.29 is 34.8 Å². The molecule has 9 nitrogen and oxygen atoms in total. The number of hydrogen-bond donors (Lipinski definition) is 6. The second-order valence-electron chi connectivity index (χ2n) is 4.28. The molecule has 9 heteroatoms. The second kappa shape index (κ2) is 6.78. The summed E-state index contributed by atoms with van der Waals surface area (Å²) in [4.78, 5) is 21.9. The molecule has 0 radical (unpaired) electrons. The van der Waals surface area contributed by atoms with Crippen molar-refractivity contribution in [2.75, 3.05) is 6.61 Å². The van der Waals surface area contributed by atoms with Crippen molar-refractivity contribution in [1.82, 2.24) is 5.32 Å². The second-order valence-corrected chi connectivity index (χ2v) is 4.28. The molecule has 0 spiro atoms. The molecule has 1 heterocycles. The Kier molecular flexibility index (Phi) is 5.63. The molecule has 0 aromatic heterocycles. The highest BCUT2D eigenvalue weighted by molar-refractivity contribution is 5.82. The fraction of sp³-hybridized carbons (Fsp3) is 0.800. The number of carbonyl (C=O) groups excluding carboxylic acids is 2. The van der Waals surface area contributed by atoms with Gasteiger partial charge in [-0.15, -0.1) is 0 Å². The van der Waals surface area contributed by atoms with Gasteiger partial charge in [-0.05, 0) is 0 Å². The van der Waals surface area contributed by atoms with E-state index in [1.54, 1.807) is 0 Å². The highest BCUT2D eigenvalue weighted by Gasteiger charge is 2.43. The summed E-state index contributed by atoms with van der Waals surface area (Å²) in [5.74, 6) is -1.26. The first kappa shape index (κ1) is 15.8. The third-order valence-corrected chi connectivity index (χ3v) is 2.79. The zero-order chi connectivity index (χ0) is 14.6. The summed E-state index contributed by atoms with van der Waals surface area (Å²) in [5.41, 5.74) is 4.88. The minimum Gasteiger partial charge on any atom is -0.394 e. The van der Waals surface area contributed by atoms with Crippen LogP contribution in [0.4, 0.5) is 0 Å². The first-order chi connectivity index (χ1) is 8.86. The van der Waals surface area contributed by atoms with Gasteiger partial charge in [-0.25, -0.2) is 0 Å². The number of ether oxygens (including phenoxy) is 1. The summed E-state index contributed by atoms with van der Waals surface area (Å²) in [7, 11) is 0. The lowest BCUT2D eigenvalue weighted by Gasteiger charge is -2.40. The van der Waals surface area contributed by atoms with Gasteiger partial charge in [0.25, 0.3) is 0 Å². The Labute approximate surface area is 109 Å². The first-order valence-electron chi connectivity index (χ1n) is 5.75. The number of carbonyl (C=O) groups is 2. The molecule has 0 saturated carbocycles. The summed E-state index contributed by atoms with van der Waals surface area (Å²) in [6.45, 7) is -0.585. The fourth-order valence-corrected chi connectivity index (χ4v) is 1.69. The predicted molar refractivity (Wildman–Crippen MR) is 60.3 cm³/mol. The van der Waals surface area contributed by atoms with Gasteiger partial charge in [-0.3, -0.25) is 9.59 Å². The zero-order valence-corrected chi connectivity index (χ0v) is 10.1.